The summed E-state index contributed by atoms with van der Waals surface area (Å²) in [4.78, 5) is 11.4. The van der Waals surface area contributed by atoms with Crippen LogP contribution in [-0.2, 0) is 18.2 Å². The molecule has 94 valence electrons. The molecule has 0 fully saturated rings. The van der Waals surface area contributed by atoms with Crippen molar-refractivity contribution in [2.75, 3.05) is 6.54 Å². The van der Waals surface area contributed by atoms with E-state index in [1.807, 2.05) is 56.9 Å². The van der Waals surface area contributed by atoms with Crippen LogP contribution >= 0.6 is 0 Å². The van der Waals surface area contributed by atoms with Gasteiger partial charge in [-0.25, -0.2) is 9.36 Å². The minimum absolute atomic E-state index is 0.362. The summed E-state index contributed by atoms with van der Waals surface area (Å²) < 4.78 is 7.12. The van der Waals surface area contributed by atoms with Gasteiger partial charge >= 0.3 is 6.09 Å². The maximum Gasteiger partial charge on any atom is 0.407 e. The minimum atomic E-state index is -0.440. The number of rotatable bonds is 3. The van der Waals surface area contributed by atoms with E-state index >= 15 is 0 Å². The molecule has 1 amide bonds. The Labute approximate surface area is 103 Å². The second kappa shape index (κ2) is 5.66. The standard InChI is InChI=1S/C13H20N2O2/c1-13(2,3)17-12(16)14-8-5-11-6-9-15(4)10-7-11/h6-7,9-10H,5,8H2,1-4H3/p+1. The molecule has 1 aromatic rings. The van der Waals surface area contributed by atoms with E-state index in [2.05, 4.69) is 5.32 Å². The van der Waals surface area contributed by atoms with Crippen molar-refractivity contribution < 1.29 is 14.1 Å². The van der Waals surface area contributed by atoms with Crippen molar-refractivity contribution >= 4 is 6.09 Å². The zero-order valence-electron chi connectivity index (χ0n) is 11.0. The van der Waals surface area contributed by atoms with Crippen molar-refractivity contribution in [2.24, 2.45) is 7.05 Å². The van der Waals surface area contributed by atoms with Gasteiger partial charge in [0.05, 0.1) is 0 Å². The maximum atomic E-state index is 11.4. The minimum Gasteiger partial charge on any atom is -0.444 e. The third kappa shape index (κ3) is 5.90. The van der Waals surface area contributed by atoms with Gasteiger partial charge in [-0.3, -0.25) is 0 Å². The lowest BCUT2D eigenvalue weighted by molar-refractivity contribution is -0.671. The average Bonchev–Trinajstić information content (AvgIpc) is 2.18. The number of ether oxygens (including phenoxy) is 1. The van der Waals surface area contributed by atoms with Crippen molar-refractivity contribution in [3.05, 3.63) is 30.1 Å². The van der Waals surface area contributed by atoms with Crippen LogP contribution in [0.2, 0.25) is 0 Å². The zero-order valence-corrected chi connectivity index (χ0v) is 11.0. The molecule has 0 atom stereocenters. The molecule has 1 heterocycles. The highest BCUT2D eigenvalue weighted by Crippen LogP contribution is 2.06. The first kappa shape index (κ1) is 13.5. The molecule has 0 radical (unpaired) electrons. The smallest absolute Gasteiger partial charge is 0.407 e. The molecule has 0 aliphatic carbocycles. The van der Waals surface area contributed by atoms with Gasteiger partial charge in [-0.1, -0.05) is 0 Å². The summed E-state index contributed by atoms with van der Waals surface area (Å²) in [5, 5.41) is 2.73. The van der Waals surface area contributed by atoms with Gasteiger partial charge in [0.1, 0.15) is 12.6 Å². The van der Waals surface area contributed by atoms with Gasteiger partial charge in [0.25, 0.3) is 0 Å². The third-order valence-corrected chi connectivity index (χ3v) is 2.13. The zero-order chi connectivity index (χ0) is 12.9. The Morgan fingerprint density at radius 1 is 1.35 bits per heavy atom. The molecule has 0 saturated heterocycles. The molecule has 0 saturated carbocycles. The number of hydrogen-bond donors (Lipinski definition) is 1. The molecule has 0 bridgehead atoms. The summed E-state index contributed by atoms with van der Waals surface area (Å²) in [6, 6.07) is 4.08. The van der Waals surface area contributed by atoms with Gasteiger partial charge in [0.2, 0.25) is 0 Å². The first-order valence-corrected chi connectivity index (χ1v) is 5.78. The predicted molar refractivity (Wildman–Crippen MR) is 65.6 cm³/mol. The second-order valence-corrected chi connectivity index (χ2v) is 5.05. The molecule has 4 heteroatoms. The molecule has 0 spiro atoms. The molecular weight excluding hydrogens is 216 g/mol. The van der Waals surface area contributed by atoms with Crippen LogP contribution in [0, 0.1) is 0 Å². The summed E-state index contributed by atoms with van der Waals surface area (Å²) in [7, 11) is 1.97. The highest BCUT2D eigenvalue weighted by Gasteiger charge is 2.15. The number of aromatic nitrogens is 1. The number of carbonyl (C=O) groups excluding carboxylic acids is 1. The predicted octanol–water partition coefficient (Wildman–Crippen LogP) is 1.58. The van der Waals surface area contributed by atoms with Crippen LogP contribution in [0.15, 0.2) is 24.5 Å². The Morgan fingerprint density at radius 2 is 1.94 bits per heavy atom. The number of nitrogens with one attached hydrogen (secondary N) is 1. The molecule has 0 aliphatic heterocycles. The summed E-state index contributed by atoms with van der Waals surface area (Å²) >= 11 is 0. The number of carbonyl (C=O) groups is 1. The van der Waals surface area contributed by atoms with E-state index in [0.717, 1.165) is 6.42 Å². The van der Waals surface area contributed by atoms with Crippen molar-refractivity contribution in [2.45, 2.75) is 32.8 Å². The van der Waals surface area contributed by atoms with E-state index in [-0.39, 0.29) is 6.09 Å². The number of amides is 1. The van der Waals surface area contributed by atoms with Crippen LogP contribution in [0.5, 0.6) is 0 Å². The fraction of sp³-hybridized carbons (Fsp3) is 0.538. The lowest BCUT2D eigenvalue weighted by Gasteiger charge is -2.19. The highest BCUT2D eigenvalue weighted by atomic mass is 16.6. The van der Waals surface area contributed by atoms with Gasteiger partial charge in [0.15, 0.2) is 12.4 Å². The second-order valence-electron chi connectivity index (χ2n) is 5.05. The van der Waals surface area contributed by atoms with Crippen LogP contribution in [0.4, 0.5) is 4.79 Å². The number of alkyl carbamates (subject to hydrolysis) is 1. The largest absolute Gasteiger partial charge is 0.444 e. The Hall–Kier alpha value is -1.58. The number of nitrogens with zero attached hydrogens (tertiary/aromatic N) is 1. The Bertz CT molecular complexity index is 366. The van der Waals surface area contributed by atoms with E-state index in [1.54, 1.807) is 0 Å². The van der Waals surface area contributed by atoms with Crippen LogP contribution in [0.25, 0.3) is 0 Å². The summed E-state index contributed by atoms with van der Waals surface area (Å²) in [5.41, 5.74) is 0.754. The van der Waals surface area contributed by atoms with E-state index < -0.39 is 5.60 Å². The summed E-state index contributed by atoms with van der Waals surface area (Å²) in [6.45, 7) is 6.14. The van der Waals surface area contributed by atoms with Crippen LogP contribution in [0.1, 0.15) is 26.3 Å². The van der Waals surface area contributed by atoms with Gasteiger partial charge in [0, 0.05) is 18.7 Å². The lowest BCUT2D eigenvalue weighted by atomic mass is 10.2. The van der Waals surface area contributed by atoms with E-state index in [1.165, 1.54) is 5.56 Å². The first-order chi connectivity index (χ1) is 7.87. The van der Waals surface area contributed by atoms with Gasteiger partial charge in [-0.05, 0) is 32.8 Å². The summed E-state index contributed by atoms with van der Waals surface area (Å²) in [6.07, 6.45) is 4.42. The molecule has 1 aromatic heterocycles. The fourth-order valence-corrected chi connectivity index (χ4v) is 1.32. The Balaban J connectivity index is 2.28. The fourth-order valence-electron chi connectivity index (χ4n) is 1.32. The highest BCUT2D eigenvalue weighted by molar-refractivity contribution is 5.67. The van der Waals surface area contributed by atoms with Crippen LogP contribution in [0.3, 0.4) is 0 Å². The maximum absolute atomic E-state index is 11.4. The number of pyridine rings is 1. The van der Waals surface area contributed by atoms with Crippen LogP contribution in [-0.4, -0.2) is 18.2 Å². The summed E-state index contributed by atoms with van der Waals surface area (Å²) in [5.74, 6) is 0. The molecule has 0 unspecified atom stereocenters. The van der Waals surface area contributed by atoms with E-state index in [9.17, 15) is 4.79 Å². The topological polar surface area (TPSA) is 42.2 Å². The van der Waals surface area contributed by atoms with Gasteiger partial charge < -0.3 is 10.1 Å². The normalized spacial score (nSPS) is 11.1. The monoisotopic (exact) mass is 237 g/mol. The average molecular weight is 237 g/mol. The van der Waals surface area contributed by atoms with Crippen molar-refractivity contribution in [3.8, 4) is 0 Å². The van der Waals surface area contributed by atoms with Crippen molar-refractivity contribution in [3.63, 3.8) is 0 Å². The molecule has 0 aromatic carbocycles. The molecule has 1 N–H and O–H groups in total. The molecule has 4 nitrogen and oxygen atoms in total. The molecule has 17 heavy (non-hydrogen) atoms. The van der Waals surface area contributed by atoms with Crippen LogP contribution < -0.4 is 9.88 Å². The first-order valence-electron chi connectivity index (χ1n) is 5.78. The van der Waals surface area contributed by atoms with Crippen molar-refractivity contribution in [1.82, 2.24) is 5.32 Å². The van der Waals surface area contributed by atoms with Gasteiger partial charge in [-0.15, -0.1) is 0 Å². The quantitative estimate of drug-likeness (QED) is 0.811. The SMILES string of the molecule is C[n+]1ccc(CCNC(=O)OC(C)(C)C)cc1. The molecule has 0 aliphatic rings. The number of aryl methyl sites for hydroxylation is 1. The van der Waals surface area contributed by atoms with E-state index in [0.29, 0.717) is 6.54 Å². The van der Waals surface area contributed by atoms with Gasteiger partial charge in [-0.2, -0.15) is 0 Å². The Kier molecular flexibility index (Phi) is 4.49. The lowest BCUT2D eigenvalue weighted by Crippen LogP contribution is -2.33. The molecular formula is C13H21N2O2+. The van der Waals surface area contributed by atoms with E-state index in [4.69, 9.17) is 4.74 Å². The van der Waals surface area contributed by atoms with Crippen molar-refractivity contribution in [1.29, 1.82) is 0 Å². The number of hydrogen-bond acceptors (Lipinski definition) is 2. The third-order valence-electron chi connectivity index (χ3n) is 2.13. The molecule has 1 rings (SSSR count). The Morgan fingerprint density at radius 3 is 2.47 bits per heavy atom.